The summed E-state index contributed by atoms with van der Waals surface area (Å²) in [4.78, 5) is 51.2. The van der Waals surface area contributed by atoms with E-state index in [9.17, 15) is 27.6 Å². The number of rotatable bonds is 9. The van der Waals surface area contributed by atoms with Gasteiger partial charge >= 0.3 is 22.1 Å². The largest absolute Gasteiger partial charge is 0.490 e. The molecule has 1 fully saturated rings. The molecule has 0 atom stereocenters. The van der Waals surface area contributed by atoms with Gasteiger partial charge in [-0.05, 0) is 80.9 Å². The van der Waals surface area contributed by atoms with Crippen molar-refractivity contribution in [2.75, 3.05) is 18.1 Å². The van der Waals surface area contributed by atoms with Gasteiger partial charge in [0, 0.05) is 0 Å². The van der Waals surface area contributed by atoms with Crippen LogP contribution in [0.4, 0.5) is 10.5 Å². The van der Waals surface area contributed by atoms with Gasteiger partial charge in [-0.3, -0.25) is 14.9 Å². The molecule has 4 amide bonds. The molecule has 3 aromatic rings. The average Bonchev–Trinajstić information content (AvgIpc) is 2.94. The molecule has 218 valence electrons. The summed E-state index contributed by atoms with van der Waals surface area (Å²) >= 11 is 6.40. The zero-order valence-corrected chi connectivity index (χ0v) is 24.2. The molecule has 1 heterocycles. The van der Waals surface area contributed by atoms with Crippen molar-refractivity contribution in [3.05, 3.63) is 87.9 Å². The Hall–Kier alpha value is -4.68. The van der Waals surface area contributed by atoms with Crippen molar-refractivity contribution in [1.82, 2.24) is 5.32 Å². The first-order valence-electron chi connectivity index (χ1n) is 12.6. The second kappa shape index (κ2) is 12.5. The summed E-state index contributed by atoms with van der Waals surface area (Å²) in [5.74, 6) is -2.81. The first-order valence-corrected chi connectivity index (χ1v) is 14.4. The topological polar surface area (TPSA) is 145 Å². The molecule has 3 aromatic carbocycles. The number of ether oxygens (including phenoxy) is 2. The highest BCUT2D eigenvalue weighted by Gasteiger charge is 2.37. The summed E-state index contributed by atoms with van der Waals surface area (Å²) in [6.07, 6.45) is 1.18. The molecule has 0 saturated carbocycles. The predicted octanol–water partition coefficient (Wildman–Crippen LogP) is 4.66. The van der Waals surface area contributed by atoms with Gasteiger partial charge in [-0.15, -0.1) is 0 Å². The lowest BCUT2D eigenvalue weighted by Gasteiger charge is -2.26. The van der Waals surface area contributed by atoms with Crippen LogP contribution in [0, 0.1) is 6.92 Å². The lowest BCUT2D eigenvalue weighted by molar-refractivity contribution is -0.122. The fourth-order valence-corrected chi connectivity index (χ4v) is 5.16. The zero-order valence-electron chi connectivity index (χ0n) is 22.7. The van der Waals surface area contributed by atoms with E-state index in [1.54, 1.807) is 26.0 Å². The highest BCUT2D eigenvalue weighted by atomic mass is 35.5. The molecule has 1 aliphatic rings. The number of esters is 1. The maximum Gasteiger partial charge on any atom is 0.339 e. The maximum atomic E-state index is 13.3. The Morgan fingerprint density at radius 1 is 0.976 bits per heavy atom. The van der Waals surface area contributed by atoms with E-state index < -0.39 is 39.5 Å². The molecule has 11 nitrogen and oxygen atoms in total. The third-order valence-electron chi connectivity index (χ3n) is 5.88. The number of hydrogen-bond donors (Lipinski definition) is 1. The van der Waals surface area contributed by atoms with Gasteiger partial charge in [-0.2, -0.15) is 8.42 Å². The number of nitrogens with zero attached hydrogens (tertiary/aromatic N) is 1. The van der Waals surface area contributed by atoms with E-state index in [0.717, 1.165) is 10.5 Å². The van der Waals surface area contributed by atoms with Crippen LogP contribution in [0.3, 0.4) is 0 Å². The normalized spacial score (nSPS) is 14.5. The van der Waals surface area contributed by atoms with Crippen molar-refractivity contribution in [2.45, 2.75) is 25.7 Å². The Balaban J connectivity index is 1.68. The smallest absolute Gasteiger partial charge is 0.339 e. The van der Waals surface area contributed by atoms with E-state index in [2.05, 4.69) is 5.32 Å². The van der Waals surface area contributed by atoms with Crippen LogP contribution in [0.5, 0.6) is 11.5 Å². The van der Waals surface area contributed by atoms with Crippen LogP contribution in [-0.2, 0) is 24.4 Å². The number of carbonyl (C=O) groups is 4. The van der Waals surface area contributed by atoms with Crippen LogP contribution in [0.1, 0.15) is 35.3 Å². The third kappa shape index (κ3) is 6.45. The molecule has 42 heavy (non-hydrogen) atoms. The number of benzene rings is 3. The van der Waals surface area contributed by atoms with Crippen molar-refractivity contribution in [3.63, 3.8) is 0 Å². The van der Waals surface area contributed by atoms with Gasteiger partial charge in [0.25, 0.3) is 11.8 Å². The van der Waals surface area contributed by atoms with E-state index in [0.29, 0.717) is 0 Å². The lowest BCUT2D eigenvalue weighted by Crippen LogP contribution is -2.54. The highest BCUT2D eigenvalue weighted by molar-refractivity contribution is 7.87. The van der Waals surface area contributed by atoms with Gasteiger partial charge in [-0.25, -0.2) is 14.5 Å². The highest BCUT2D eigenvalue weighted by Crippen LogP contribution is 2.39. The van der Waals surface area contributed by atoms with E-state index in [4.69, 9.17) is 25.3 Å². The molecule has 0 aromatic heterocycles. The van der Waals surface area contributed by atoms with Gasteiger partial charge in [0.15, 0.2) is 5.75 Å². The van der Waals surface area contributed by atoms with Crippen molar-refractivity contribution in [1.29, 1.82) is 0 Å². The number of urea groups is 1. The van der Waals surface area contributed by atoms with Crippen LogP contribution in [-0.4, -0.2) is 45.4 Å². The number of amides is 4. The minimum atomic E-state index is -4.28. The number of imide groups is 2. The summed E-state index contributed by atoms with van der Waals surface area (Å²) in [7, 11) is -4.28. The maximum absolute atomic E-state index is 13.3. The fraction of sp³-hybridized carbons (Fsp3) is 0.172. The monoisotopic (exact) mass is 612 g/mol. The Bertz CT molecular complexity index is 1700. The number of aryl methyl sites for hydroxylation is 1. The van der Waals surface area contributed by atoms with Crippen LogP contribution in [0.2, 0.25) is 5.02 Å². The second-order valence-corrected chi connectivity index (χ2v) is 10.8. The van der Waals surface area contributed by atoms with Gasteiger partial charge in [-0.1, -0.05) is 29.3 Å². The summed E-state index contributed by atoms with van der Waals surface area (Å²) in [5.41, 5.74) is 0.941. The number of halogens is 1. The number of carbonyl (C=O) groups excluding carboxylic acids is 4. The van der Waals surface area contributed by atoms with Crippen LogP contribution >= 0.6 is 11.6 Å². The molecular weight excluding hydrogens is 588 g/mol. The Labute approximate surface area is 246 Å². The molecule has 0 bridgehead atoms. The number of anilines is 1. The van der Waals surface area contributed by atoms with Crippen molar-refractivity contribution in [3.8, 4) is 11.5 Å². The van der Waals surface area contributed by atoms with Crippen molar-refractivity contribution < 1.29 is 41.3 Å². The van der Waals surface area contributed by atoms with E-state index in [1.807, 2.05) is 6.92 Å². The molecule has 1 aliphatic heterocycles. The first kappa shape index (κ1) is 30.3. The van der Waals surface area contributed by atoms with Crippen molar-refractivity contribution >= 4 is 57.3 Å². The predicted molar refractivity (Wildman–Crippen MR) is 153 cm³/mol. The van der Waals surface area contributed by atoms with Crippen LogP contribution < -0.4 is 19.1 Å². The molecule has 4 rings (SSSR count). The van der Waals surface area contributed by atoms with Gasteiger partial charge < -0.3 is 13.7 Å². The molecular formula is C29H25ClN2O9S. The van der Waals surface area contributed by atoms with E-state index >= 15 is 0 Å². The first-order chi connectivity index (χ1) is 19.9. The minimum absolute atomic E-state index is 0.0568. The molecule has 13 heteroatoms. The van der Waals surface area contributed by atoms with Crippen molar-refractivity contribution in [2.24, 2.45) is 0 Å². The molecule has 0 unspecified atom stereocenters. The van der Waals surface area contributed by atoms with Gasteiger partial charge in [0.1, 0.15) is 10.5 Å². The van der Waals surface area contributed by atoms with Crippen LogP contribution in [0.15, 0.2) is 71.1 Å². The Morgan fingerprint density at radius 2 is 1.64 bits per heavy atom. The molecule has 1 N–H and O–H groups in total. The van der Waals surface area contributed by atoms with Gasteiger partial charge in [0.2, 0.25) is 5.75 Å². The minimum Gasteiger partial charge on any atom is -0.490 e. The Kier molecular flexibility index (Phi) is 8.98. The molecule has 0 radical (unpaired) electrons. The van der Waals surface area contributed by atoms with Crippen LogP contribution in [0.25, 0.3) is 6.08 Å². The number of barbiturate groups is 1. The zero-order chi connectivity index (χ0) is 30.6. The molecule has 1 saturated heterocycles. The number of hydrogen-bond acceptors (Lipinski definition) is 9. The standard InChI is InChI=1S/C29H25ClN2O9S/c1-4-39-24-16-18(15-23(30)25(24)41-42(37,38)21-12-6-17(3)7-13-21)14-22-26(33)31-29(36)32(27(22)34)20-10-8-19(9-11-20)28(35)40-5-2/h6-16H,4-5H2,1-3H3,(H,31,33,36)/b22-14+. The van der Waals surface area contributed by atoms with E-state index in [-0.39, 0.29) is 51.4 Å². The second-order valence-electron chi connectivity index (χ2n) is 8.84. The fourth-order valence-electron chi connectivity index (χ4n) is 3.90. The van der Waals surface area contributed by atoms with Gasteiger partial charge in [0.05, 0.1) is 29.5 Å². The average molecular weight is 613 g/mol. The number of nitrogens with one attached hydrogen (secondary N) is 1. The summed E-state index contributed by atoms with van der Waals surface area (Å²) in [5, 5.41) is 1.93. The Morgan fingerprint density at radius 3 is 2.26 bits per heavy atom. The molecule has 0 spiro atoms. The molecule has 0 aliphatic carbocycles. The lowest BCUT2D eigenvalue weighted by atomic mass is 10.1. The SMILES string of the molecule is CCOC(=O)c1ccc(N2C(=O)NC(=O)/C(=C\c3cc(Cl)c(OS(=O)(=O)c4ccc(C)cc4)c(OCC)c3)C2=O)cc1. The summed E-state index contributed by atoms with van der Waals surface area (Å²) in [6.45, 7) is 5.41. The quantitative estimate of drug-likeness (QED) is 0.158. The summed E-state index contributed by atoms with van der Waals surface area (Å²) in [6, 6.07) is 13.1. The summed E-state index contributed by atoms with van der Waals surface area (Å²) < 4.78 is 41.6. The third-order valence-corrected chi connectivity index (χ3v) is 7.40. The van der Waals surface area contributed by atoms with E-state index in [1.165, 1.54) is 54.6 Å².